The number of pyridine rings is 1. The summed E-state index contributed by atoms with van der Waals surface area (Å²) in [5.41, 5.74) is 4.55. The lowest BCUT2D eigenvalue weighted by Crippen LogP contribution is -2.11. The van der Waals surface area contributed by atoms with Gasteiger partial charge in [-0.3, -0.25) is 15.1 Å². The molecule has 0 saturated heterocycles. The molecule has 0 fully saturated rings. The molecule has 1 amide bonds. The van der Waals surface area contributed by atoms with E-state index < -0.39 is 0 Å². The maximum Gasteiger partial charge on any atom is 0.257 e. The van der Waals surface area contributed by atoms with Crippen LogP contribution in [0.1, 0.15) is 35.3 Å². The van der Waals surface area contributed by atoms with Crippen LogP contribution < -0.4 is 10.1 Å². The molecule has 1 aromatic carbocycles. The summed E-state index contributed by atoms with van der Waals surface area (Å²) in [7, 11) is 0. The Balaban J connectivity index is 1.80. The van der Waals surface area contributed by atoms with Crippen LogP contribution in [0.5, 0.6) is 5.75 Å². The molecule has 1 N–H and O–H groups in total. The molecule has 3 aromatic rings. The van der Waals surface area contributed by atoms with Crippen molar-refractivity contribution in [3.8, 4) is 17.0 Å². The number of amides is 1. The zero-order valence-electron chi connectivity index (χ0n) is 15.2. The molecule has 5 nitrogen and oxygen atoms in total. The molecule has 134 valence electrons. The maximum absolute atomic E-state index is 12.2. The smallest absolute Gasteiger partial charge is 0.257 e. The quantitative estimate of drug-likeness (QED) is 0.699. The SMILES string of the molecule is Cc1cc(-c2csc(NC(=O)c3ccncc3)n2)cc(C)c1OC(C)C. The molecule has 0 aliphatic carbocycles. The van der Waals surface area contributed by atoms with Gasteiger partial charge in [0, 0.05) is 28.9 Å². The summed E-state index contributed by atoms with van der Waals surface area (Å²) in [5, 5.41) is 5.34. The van der Waals surface area contributed by atoms with Crippen molar-refractivity contribution in [1.29, 1.82) is 0 Å². The second-order valence-corrected chi connectivity index (χ2v) is 7.19. The van der Waals surface area contributed by atoms with Gasteiger partial charge in [-0.15, -0.1) is 11.3 Å². The van der Waals surface area contributed by atoms with Crippen LogP contribution in [-0.4, -0.2) is 22.0 Å². The normalized spacial score (nSPS) is 10.8. The highest BCUT2D eigenvalue weighted by Gasteiger charge is 2.13. The van der Waals surface area contributed by atoms with Gasteiger partial charge in [-0.2, -0.15) is 0 Å². The van der Waals surface area contributed by atoms with Crippen LogP contribution in [0.15, 0.2) is 42.0 Å². The average molecular weight is 367 g/mol. The van der Waals surface area contributed by atoms with Crippen molar-refractivity contribution in [2.24, 2.45) is 0 Å². The van der Waals surface area contributed by atoms with Crippen molar-refractivity contribution in [1.82, 2.24) is 9.97 Å². The number of anilines is 1. The zero-order valence-corrected chi connectivity index (χ0v) is 16.1. The number of hydrogen-bond donors (Lipinski definition) is 1. The minimum atomic E-state index is -0.193. The second kappa shape index (κ2) is 7.66. The largest absolute Gasteiger partial charge is 0.490 e. The van der Waals surface area contributed by atoms with E-state index in [1.54, 1.807) is 24.5 Å². The van der Waals surface area contributed by atoms with Gasteiger partial charge in [0.15, 0.2) is 5.13 Å². The fraction of sp³-hybridized carbons (Fsp3) is 0.250. The van der Waals surface area contributed by atoms with E-state index >= 15 is 0 Å². The lowest BCUT2D eigenvalue weighted by molar-refractivity contribution is 0.102. The molecule has 2 heterocycles. The summed E-state index contributed by atoms with van der Waals surface area (Å²) < 4.78 is 5.89. The maximum atomic E-state index is 12.2. The molecule has 0 aliphatic rings. The summed E-state index contributed by atoms with van der Waals surface area (Å²) in [4.78, 5) is 20.7. The molecule has 26 heavy (non-hydrogen) atoms. The van der Waals surface area contributed by atoms with Crippen LogP contribution in [0.4, 0.5) is 5.13 Å². The number of hydrogen-bond acceptors (Lipinski definition) is 5. The van der Waals surface area contributed by atoms with Gasteiger partial charge in [0.05, 0.1) is 11.8 Å². The molecule has 2 aromatic heterocycles. The van der Waals surface area contributed by atoms with E-state index in [0.29, 0.717) is 10.7 Å². The number of rotatable bonds is 5. The highest BCUT2D eigenvalue weighted by molar-refractivity contribution is 7.14. The predicted octanol–water partition coefficient (Wildman–Crippen LogP) is 4.86. The molecule has 0 atom stereocenters. The Morgan fingerprint density at radius 1 is 1.15 bits per heavy atom. The Morgan fingerprint density at radius 2 is 1.81 bits per heavy atom. The Hall–Kier alpha value is -2.73. The van der Waals surface area contributed by atoms with Crippen LogP contribution >= 0.6 is 11.3 Å². The van der Waals surface area contributed by atoms with Crippen LogP contribution in [0, 0.1) is 13.8 Å². The first-order chi connectivity index (χ1) is 12.4. The molecule has 0 aliphatic heterocycles. The van der Waals surface area contributed by atoms with Crippen LogP contribution in [-0.2, 0) is 0 Å². The number of carbonyl (C=O) groups is 1. The lowest BCUT2D eigenvalue weighted by atomic mass is 10.0. The van der Waals surface area contributed by atoms with Gasteiger partial charge in [-0.1, -0.05) is 0 Å². The fourth-order valence-electron chi connectivity index (χ4n) is 2.66. The highest BCUT2D eigenvalue weighted by atomic mass is 32.1. The van der Waals surface area contributed by atoms with E-state index in [-0.39, 0.29) is 12.0 Å². The van der Waals surface area contributed by atoms with Crippen molar-refractivity contribution < 1.29 is 9.53 Å². The van der Waals surface area contributed by atoms with E-state index in [4.69, 9.17) is 4.74 Å². The third-order valence-corrected chi connectivity index (χ3v) is 4.53. The number of thiazole rings is 1. The summed E-state index contributed by atoms with van der Waals surface area (Å²) in [6.07, 6.45) is 3.32. The Labute approximate surface area is 157 Å². The van der Waals surface area contributed by atoms with E-state index in [9.17, 15) is 4.79 Å². The van der Waals surface area contributed by atoms with Gasteiger partial charge in [0.1, 0.15) is 5.75 Å². The summed E-state index contributed by atoms with van der Waals surface area (Å²) in [6, 6.07) is 7.47. The Kier molecular flexibility index (Phi) is 5.32. The molecular weight excluding hydrogens is 346 g/mol. The Bertz CT molecular complexity index is 897. The van der Waals surface area contributed by atoms with Crippen LogP contribution in [0.3, 0.4) is 0 Å². The minimum Gasteiger partial charge on any atom is -0.490 e. The Morgan fingerprint density at radius 3 is 2.42 bits per heavy atom. The molecule has 0 unspecified atom stereocenters. The number of aromatic nitrogens is 2. The summed E-state index contributed by atoms with van der Waals surface area (Å²) in [5.74, 6) is 0.728. The fourth-order valence-corrected chi connectivity index (χ4v) is 3.37. The first-order valence-corrected chi connectivity index (χ1v) is 9.27. The van der Waals surface area contributed by atoms with E-state index in [1.165, 1.54) is 11.3 Å². The molecule has 0 spiro atoms. The van der Waals surface area contributed by atoms with Gasteiger partial charge in [0.25, 0.3) is 5.91 Å². The third kappa shape index (κ3) is 4.08. The molecule has 0 radical (unpaired) electrons. The number of ether oxygens (including phenoxy) is 1. The number of carbonyl (C=O) groups excluding carboxylic acids is 1. The standard InChI is InChI=1S/C20H21N3O2S/c1-12(2)25-18-13(3)9-16(10-14(18)4)17-11-26-20(22-17)23-19(24)15-5-7-21-8-6-15/h5-12H,1-4H3,(H,22,23,24). The molecular formula is C20H21N3O2S. The van der Waals surface area contributed by atoms with E-state index in [1.807, 2.05) is 33.1 Å². The molecule has 3 rings (SSSR count). The van der Waals surface area contributed by atoms with Gasteiger partial charge in [0.2, 0.25) is 0 Å². The first-order valence-electron chi connectivity index (χ1n) is 8.39. The lowest BCUT2D eigenvalue weighted by Gasteiger charge is -2.16. The summed E-state index contributed by atoms with van der Waals surface area (Å²) in [6.45, 7) is 8.11. The second-order valence-electron chi connectivity index (χ2n) is 6.33. The summed E-state index contributed by atoms with van der Waals surface area (Å²) >= 11 is 1.40. The van der Waals surface area contributed by atoms with E-state index in [0.717, 1.165) is 28.1 Å². The van der Waals surface area contributed by atoms with E-state index in [2.05, 4.69) is 27.4 Å². The van der Waals surface area contributed by atoms with Crippen molar-refractivity contribution in [3.05, 3.63) is 58.7 Å². The van der Waals surface area contributed by atoms with Gasteiger partial charge in [-0.05, 0) is 63.1 Å². The van der Waals surface area contributed by atoms with Crippen molar-refractivity contribution in [3.63, 3.8) is 0 Å². The van der Waals surface area contributed by atoms with Crippen molar-refractivity contribution in [2.75, 3.05) is 5.32 Å². The van der Waals surface area contributed by atoms with Crippen molar-refractivity contribution >= 4 is 22.4 Å². The molecule has 6 heteroatoms. The van der Waals surface area contributed by atoms with Crippen molar-refractivity contribution in [2.45, 2.75) is 33.8 Å². The minimum absolute atomic E-state index is 0.132. The molecule has 0 bridgehead atoms. The third-order valence-electron chi connectivity index (χ3n) is 3.78. The number of benzene rings is 1. The number of nitrogens with one attached hydrogen (secondary N) is 1. The van der Waals surface area contributed by atoms with Gasteiger partial charge < -0.3 is 4.74 Å². The number of aryl methyl sites for hydroxylation is 2. The highest BCUT2D eigenvalue weighted by Crippen LogP contribution is 2.32. The van der Waals surface area contributed by atoms with Crippen LogP contribution in [0.2, 0.25) is 0 Å². The first kappa shape index (κ1) is 18.1. The predicted molar refractivity (Wildman–Crippen MR) is 105 cm³/mol. The number of nitrogens with zero attached hydrogens (tertiary/aromatic N) is 2. The topological polar surface area (TPSA) is 64.1 Å². The average Bonchev–Trinajstić information content (AvgIpc) is 3.07. The monoisotopic (exact) mass is 367 g/mol. The van der Waals surface area contributed by atoms with Gasteiger partial charge in [-0.25, -0.2) is 4.98 Å². The molecule has 0 saturated carbocycles. The van der Waals surface area contributed by atoms with Crippen LogP contribution in [0.25, 0.3) is 11.3 Å². The zero-order chi connectivity index (χ0) is 18.7. The van der Waals surface area contributed by atoms with Gasteiger partial charge >= 0.3 is 0 Å².